The number of halogens is 5. The molecule has 0 unspecified atom stereocenters. The van der Waals surface area contributed by atoms with Gasteiger partial charge in [0.25, 0.3) is 0 Å². The Morgan fingerprint density at radius 2 is 1.77 bits per heavy atom. The molecule has 0 radical (unpaired) electrons. The molecule has 6 nitrogen and oxygen atoms in total. The van der Waals surface area contributed by atoms with Crippen molar-refractivity contribution >= 4 is 17.7 Å². The fraction of sp³-hybridized carbons (Fsp3) is 0.105. The lowest BCUT2D eigenvalue weighted by Crippen LogP contribution is -2.27. The number of hydrogen-bond acceptors (Lipinski definition) is 5. The number of ether oxygens (including phenoxy) is 1. The summed E-state index contributed by atoms with van der Waals surface area (Å²) in [5.41, 5.74) is -0.850. The molecule has 3 rings (SSSR count). The van der Waals surface area contributed by atoms with Crippen molar-refractivity contribution in [2.24, 2.45) is 0 Å². The minimum Gasteiger partial charge on any atom is -0.406 e. The number of rotatable bonds is 5. The molecule has 0 aliphatic rings. The van der Waals surface area contributed by atoms with Gasteiger partial charge in [-0.3, -0.25) is 0 Å². The van der Waals surface area contributed by atoms with E-state index in [1.165, 1.54) is 36.4 Å². The Labute approximate surface area is 166 Å². The van der Waals surface area contributed by atoms with Crippen LogP contribution in [0.3, 0.4) is 0 Å². The number of aromatic nitrogens is 2. The Bertz CT molecular complexity index is 1040. The third-order valence-corrected chi connectivity index (χ3v) is 3.66. The molecular formula is C19H13F5N4O2. The zero-order valence-corrected chi connectivity index (χ0v) is 15.0. The topological polar surface area (TPSA) is 76.1 Å². The van der Waals surface area contributed by atoms with Crippen LogP contribution in [0.2, 0.25) is 0 Å². The Morgan fingerprint density at radius 1 is 1.03 bits per heavy atom. The fourth-order valence-corrected chi connectivity index (χ4v) is 2.32. The molecule has 0 aliphatic heterocycles. The van der Waals surface area contributed by atoms with Gasteiger partial charge in [0.05, 0.1) is 6.20 Å². The van der Waals surface area contributed by atoms with Crippen molar-refractivity contribution < 1.29 is 31.5 Å². The summed E-state index contributed by atoms with van der Waals surface area (Å²) in [6.45, 7) is -0.0967. The SMILES string of the molecule is O=C(NCc1ccc(F)cc1)Oc1cnc(Nc2cccc(F)c2)nc1C(F)(F)F. The second-order valence-electron chi connectivity index (χ2n) is 5.91. The minimum absolute atomic E-state index is 0.0967. The van der Waals surface area contributed by atoms with Gasteiger partial charge in [0.2, 0.25) is 5.95 Å². The van der Waals surface area contributed by atoms with E-state index in [1.54, 1.807) is 0 Å². The summed E-state index contributed by atoms with van der Waals surface area (Å²) >= 11 is 0. The molecule has 0 fully saturated rings. The zero-order chi connectivity index (χ0) is 21.7. The molecule has 0 bridgehead atoms. The van der Waals surface area contributed by atoms with E-state index in [0.29, 0.717) is 11.8 Å². The fourth-order valence-electron chi connectivity index (χ4n) is 2.32. The highest BCUT2D eigenvalue weighted by molar-refractivity contribution is 5.70. The van der Waals surface area contributed by atoms with Crippen LogP contribution in [-0.2, 0) is 12.7 Å². The molecule has 1 amide bonds. The maximum atomic E-state index is 13.3. The summed E-state index contributed by atoms with van der Waals surface area (Å²) in [7, 11) is 0. The van der Waals surface area contributed by atoms with Crippen LogP contribution in [-0.4, -0.2) is 16.1 Å². The highest BCUT2D eigenvalue weighted by Gasteiger charge is 2.38. The number of anilines is 2. The van der Waals surface area contributed by atoms with Gasteiger partial charge in [0.15, 0.2) is 11.4 Å². The van der Waals surface area contributed by atoms with E-state index in [2.05, 4.69) is 25.3 Å². The van der Waals surface area contributed by atoms with Crippen molar-refractivity contribution in [2.75, 3.05) is 5.32 Å². The van der Waals surface area contributed by atoms with E-state index >= 15 is 0 Å². The number of carbonyl (C=O) groups excluding carboxylic acids is 1. The van der Waals surface area contributed by atoms with Gasteiger partial charge in [-0.05, 0) is 35.9 Å². The van der Waals surface area contributed by atoms with Crippen molar-refractivity contribution in [1.29, 1.82) is 0 Å². The molecule has 2 aromatic carbocycles. The van der Waals surface area contributed by atoms with Gasteiger partial charge < -0.3 is 15.4 Å². The average molecular weight is 424 g/mol. The molecule has 3 aromatic rings. The monoisotopic (exact) mass is 424 g/mol. The highest BCUT2D eigenvalue weighted by atomic mass is 19.4. The van der Waals surface area contributed by atoms with Crippen molar-refractivity contribution in [3.63, 3.8) is 0 Å². The average Bonchev–Trinajstić information content (AvgIpc) is 2.68. The van der Waals surface area contributed by atoms with Crippen molar-refractivity contribution in [3.05, 3.63) is 77.6 Å². The molecule has 0 aliphatic carbocycles. The minimum atomic E-state index is -4.95. The van der Waals surface area contributed by atoms with Gasteiger partial charge in [-0.2, -0.15) is 13.2 Å². The Hall–Kier alpha value is -3.76. The van der Waals surface area contributed by atoms with E-state index < -0.39 is 41.3 Å². The summed E-state index contributed by atoms with van der Waals surface area (Å²) in [6, 6.07) is 10.1. The summed E-state index contributed by atoms with van der Waals surface area (Å²) in [6.07, 6.45) is -5.46. The number of alkyl halides is 3. The van der Waals surface area contributed by atoms with Crippen LogP contribution in [0.5, 0.6) is 5.75 Å². The predicted molar refractivity (Wildman–Crippen MR) is 96.0 cm³/mol. The molecule has 30 heavy (non-hydrogen) atoms. The summed E-state index contributed by atoms with van der Waals surface area (Å²) in [5, 5.41) is 4.68. The van der Waals surface area contributed by atoms with Crippen LogP contribution in [0.25, 0.3) is 0 Å². The van der Waals surface area contributed by atoms with E-state index in [1.807, 2.05) is 0 Å². The largest absolute Gasteiger partial charge is 0.437 e. The molecule has 0 saturated carbocycles. The number of nitrogens with zero attached hydrogens (tertiary/aromatic N) is 2. The van der Waals surface area contributed by atoms with E-state index in [0.717, 1.165) is 12.1 Å². The predicted octanol–water partition coefficient (Wildman–Crippen LogP) is 4.81. The Balaban J connectivity index is 1.73. The standard InChI is InChI=1S/C19H13F5N4O2/c20-12-6-4-11(5-7-12)9-26-18(29)30-15-10-25-17(28-16(15)19(22,23)24)27-14-3-1-2-13(21)8-14/h1-8,10H,9H2,(H,26,29)(H,25,27,28). The lowest BCUT2D eigenvalue weighted by atomic mass is 10.2. The third kappa shape index (κ3) is 5.63. The number of carbonyl (C=O) groups is 1. The molecule has 0 spiro atoms. The van der Waals surface area contributed by atoms with E-state index in [9.17, 15) is 26.7 Å². The van der Waals surface area contributed by atoms with Gasteiger partial charge >= 0.3 is 12.3 Å². The molecule has 0 atom stereocenters. The van der Waals surface area contributed by atoms with E-state index in [-0.39, 0.29) is 12.2 Å². The smallest absolute Gasteiger partial charge is 0.406 e. The van der Waals surface area contributed by atoms with Gasteiger partial charge in [-0.15, -0.1) is 0 Å². The molecule has 2 N–H and O–H groups in total. The first-order chi connectivity index (χ1) is 14.2. The first-order valence-corrected chi connectivity index (χ1v) is 8.37. The van der Waals surface area contributed by atoms with Crippen molar-refractivity contribution in [2.45, 2.75) is 12.7 Å². The molecule has 1 heterocycles. The molecule has 1 aromatic heterocycles. The molecule has 0 saturated heterocycles. The van der Waals surface area contributed by atoms with Crippen LogP contribution in [0, 0.1) is 11.6 Å². The Kier molecular flexibility index (Phi) is 6.09. The van der Waals surface area contributed by atoms with Gasteiger partial charge in [0, 0.05) is 12.2 Å². The normalized spacial score (nSPS) is 11.1. The zero-order valence-electron chi connectivity index (χ0n) is 15.0. The van der Waals surface area contributed by atoms with Crippen LogP contribution in [0.4, 0.5) is 38.4 Å². The van der Waals surface area contributed by atoms with Crippen LogP contribution >= 0.6 is 0 Å². The third-order valence-electron chi connectivity index (χ3n) is 3.66. The summed E-state index contributed by atoms with van der Waals surface area (Å²) in [5.74, 6) is -2.45. The van der Waals surface area contributed by atoms with Gasteiger partial charge in [0.1, 0.15) is 11.6 Å². The van der Waals surface area contributed by atoms with E-state index in [4.69, 9.17) is 0 Å². The van der Waals surface area contributed by atoms with Crippen LogP contribution in [0.15, 0.2) is 54.7 Å². The molecule has 156 valence electrons. The quantitative estimate of drug-likeness (QED) is 0.575. The number of nitrogens with one attached hydrogen (secondary N) is 2. The maximum Gasteiger partial charge on any atom is 0.437 e. The first-order valence-electron chi connectivity index (χ1n) is 8.37. The molecule has 11 heteroatoms. The first kappa shape index (κ1) is 21.0. The number of amides is 1. The number of hydrogen-bond donors (Lipinski definition) is 2. The summed E-state index contributed by atoms with van der Waals surface area (Å²) in [4.78, 5) is 18.9. The van der Waals surface area contributed by atoms with Crippen molar-refractivity contribution in [3.8, 4) is 5.75 Å². The van der Waals surface area contributed by atoms with Crippen molar-refractivity contribution in [1.82, 2.24) is 15.3 Å². The van der Waals surface area contributed by atoms with Gasteiger partial charge in [-0.25, -0.2) is 23.5 Å². The van der Waals surface area contributed by atoms with Crippen LogP contribution in [0.1, 0.15) is 11.3 Å². The molecular weight excluding hydrogens is 411 g/mol. The van der Waals surface area contributed by atoms with Gasteiger partial charge in [-0.1, -0.05) is 18.2 Å². The van der Waals surface area contributed by atoms with Crippen LogP contribution < -0.4 is 15.4 Å². The lowest BCUT2D eigenvalue weighted by molar-refractivity contribution is -0.142. The number of benzene rings is 2. The maximum absolute atomic E-state index is 13.3. The second-order valence-corrected chi connectivity index (χ2v) is 5.91. The second kappa shape index (κ2) is 8.72. The highest BCUT2D eigenvalue weighted by Crippen LogP contribution is 2.35. The lowest BCUT2D eigenvalue weighted by Gasteiger charge is -2.14. The Morgan fingerprint density at radius 3 is 2.43 bits per heavy atom. The summed E-state index contributed by atoms with van der Waals surface area (Å²) < 4.78 is 70.8.